The van der Waals surface area contributed by atoms with Gasteiger partial charge in [0.2, 0.25) is 10.0 Å². The molecule has 1 saturated heterocycles. The largest absolute Gasteiger partial charge is 0.462 e. The molecular weight excluding hydrogens is 394 g/mol. The third kappa shape index (κ3) is 5.70. The molecule has 1 aromatic carbocycles. The topological polar surface area (TPSA) is 96.0 Å². The predicted octanol–water partition coefficient (Wildman–Crippen LogP) is 2.00. The molecule has 162 valence electrons. The quantitative estimate of drug-likeness (QED) is 0.608. The summed E-state index contributed by atoms with van der Waals surface area (Å²) in [6.45, 7) is 9.02. The highest BCUT2D eigenvalue weighted by molar-refractivity contribution is 7.89. The maximum atomic E-state index is 12.9. The second-order valence-electron chi connectivity index (χ2n) is 7.18. The fourth-order valence-corrected chi connectivity index (χ4v) is 4.84. The van der Waals surface area contributed by atoms with Crippen molar-refractivity contribution in [3.8, 4) is 0 Å². The zero-order chi connectivity index (χ0) is 21.6. The van der Waals surface area contributed by atoms with Gasteiger partial charge in [-0.1, -0.05) is 13.8 Å². The number of ether oxygens (including phenoxy) is 1. The van der Waals surface area contributed by atoms with Gasteiger partial charge in [0.25, 0.3) is 5.91 Å². The van der Waals surface area contributed by atoms with Gasteiger partial charge in [0, 0.05) is 31.9 Å². The molecule has 1 N–H and O–H groups in total. The third-order valence-corrected chi connectivity index (χ3v) is 6.81. The summed E-state index contributed by atoms with van der Waals surface area (Å²) < 4.78 is 32.2. The number of hydrogen-bond donors (Lipinski definition) is 1. The molecule has 0 radical (unpaired) electrons. The van der Waals surface area contributed by atoms with Crippen LogP contribution in [0.1, 0.15) is 50.9 Å². The number of rotatable bonds is 9. The third-order valence-electron chi connectivity index (χ3n) is 4.76. The van der Waals surface area contributed by atoms with Crippen LogP contribution in [0.4, 0.5) is 5.69 Å². The molecular formula is C20H31N3O5S. The molecule has 1 fully saturated rings. The van der Waals surface area contributed by atoms with Gasteiger partial charge in [0.15, 0.2) is 0 Å². The lowest BCUT2D eigenvalue weighted by Crippen LogP contribution is -2.34. The molecule has 9 heteroatoms. The van der Waals surface area contributed by atoms with Crippen LogP contribution in [0.2, 0.25) is 0 Å². The molecule has 0 aromatic heterocycles. The van der Waals surface area contributed by atoms with Crippen LogP contribution in [0.5, 0.6) is 0 Å². The molecule has 0 saturated carbocycles. The molecule has 1 aliphatic rings. The lowest BCUT2D eigenvalue weighted by atomic mass is 10.1. The van der Waals surface area contributed by atoms with Gasteiger partial charge in [-0.25, -0.2) is 8.42 Å². The van der Waals surface area contributed by atoms with Crippen molar-refractivity contribution in [1.29, 1.82) is 0 Å². The van der Waals surface area contributed by atoms with Crippen molar-refractivity contribution in [3.05, 3.63) is 23.8 Å². The predicted molar refractivity (Wildman–Crippen MR) is 112 cm³/mol. The minimum Gasteiger partial charge on any atom is -0.462 e. The molecule has 1 heterocycles. The zero-order valence-electron chi connectivity index (χ0n) is 17.6. The SMILES string of the molecule is CCN(CC)S(=O)(=O)c1ccc(N2CCCC2)c(C(=O)NCC(=O)OC(C)C)c1. The van der Waals surface area contributed by atoms with E-state index in [4.69, 9.17) is 4.74 Å². The molecule has 0 bridgehead atoms. The molecule has 29 heavy (non-hydrogen) atoms. The van der Waals surface area contributed by atoms with Crippen LogP contribution in [-0.4, -0.2) is 63.4 Å². The Morgan fingerprint density at radius 3 is 2.34 bits per heavy atom. The van der Waals surface area contributed by atoms with Gasteiger partial charge in [-0.2, -0.15) is 4.31 Å². The minimum absolute atomic E-state index is 0.0686. The summed E-state index contributed by atoms with van der Waals surface area (Å²) in [6, 6.07) is 4.64. The number of carbonyl (C=O) groups excluding carboxylic acids is 2. The van der Waals surface area contributed by atoms with E-state index in [0.717, 1.165) is 25.9 Å². The van der Waals surface area contributed by atoms with Crippen LogP contribution in [-0.2, 0) is 19.6 Å². The Bertz CT molecular complexity index is 829. The average Bonchev–Trinajstić information content (AvgIpc) is 3.20. The number of amides is 1. The number of carbonyl (C=O) groups is 2. The number of sulfonamides is 1. The Morgan fingerprint density at radius 1 is 1.17 bits per heavy atom. The Labute approximate surface area is 173 Å². The molecule has 2 rings (SSSR count). The van der Waals surface area contributed by atoms with Crippen molar-refractivity contribution in [2.75, 3.05) is 37.6 Å². The normalized spacial score (nSPS) is 14.5. The summed E-state index contributed by atoms with van der Waals surface area (Å²) in [5.41, 5.74) is 0.924. The molecule has 0 atom stereocenters. The fourth-order valence-electron chi connectivity index (χ4n) is 3.36. The van der Waals surface area contributed by atoms with Crippen LogP contribution in [0.25, 0.3) is 0 Å². The van der Waals surface area contributed by atoms with E-state index >= 15 is 0 Å². The maximum absolute atomic E-state index is 12.9. The van der Waals surface area contributed by atoms with E-state index in [-0.39, 0.29) is 23.1 Å². The first kappa shape index (κ1) is 23.2. The van der Waals surface area contributed by atoms with Gasteiger partial charge in [0.1, 0.15) is 6.54 Å². The Hall–Kier alpha value is -2.13. The van der Waals surface area contributed by atoms with Gasteiger partial charge in [-0.15, -0.1) is 0 Å². The Balaban J connectivity index is 2.35. The molecule has 0 aliphatic carbocycles. The number of benzene rings is 1. The molecule has 1 aliphatic heterocycles. The smallest absolute Gasteiger partial charge is 0.325 e. The Kier molecular flexibility index (Phi) is 8.04. The highest BCUT2D eigenvalue weighted by atomic mass is 32.2. The van der Waals surface area contributed by atoms with Crippen molar-refractivity contribution in [1.82, 2.24) is 9.62 Å². The van der Waals surface area contributed by atoms with E-state index in [9.17, 15) is 18.0 Å². The van der Waals surface area contributed by atoms with E-state index in [2.05, 4.69) is 10.2 Å². The van der Waals surface area contributed by atoms with Crippen LogP contribution < -0.4 is 10.2 Å². The van der Waals surface area contributed by atoms with Crippen molar-refractivity contribution in [3.63, 3.8) is 0 Å². The first-order valence-corrected chi connectivity index (χ1v) is 11.5. The molecule has 0 unspecified atom stereocenters. The first-order chi connectivity index (χ1) is 13.7. The van der Waals surface area contributed by atoms with E-state index in [1.165, 1.54) is 10.4 Å². The molecule has 8 nitrogen and oxygen atoms in total. The van der Waals surface area contributed by atoms with E-state index in [0.29, 0.717) is 18.8 Å². The van der Waals surface area contributed by atoms with E-state index in [1.54, 1.807) is 39.8 Å². The minimum atomic E-state index is -3.70. The van der Waals surface area contributed by atoms with Crippen LogP contribution in [0.3, 0.4) is 0 Å². The highest BCUT2D eigenvalue weighted by Crippen LogP contribution is 2.28. The number of nitrogens with one attached hydrogen (secondary N) is 1. The number of esters is 1. The Morgan fingerprint density at radius 2 is 1.79 bits per heavy atom. The monoisotopic (exact) mass is 425 g/mol. The number of anilines is 1. The highest BCUT2D eigenvalue weighted by Gasteiger charge is 2.26. The second kappa shape index (κ2) is 10.1. The summed E-state index contributed by atoms with van der Waals surface area (Å²) in [5.74, 6) is -1.04. The molecule has 0 spiro atoms. The van der Waals surface area contributed by atoms with Crippen LogP contribution in [0.15, 0.2) is 23.1 Å². The number of hydrogen-bond acceptors (Lipinski definition) is 6. The van der Waals surface area contributed by atoms with Gasteiger partial charge >= 0.3 is 5.97 Å². The second-order valence-corrected chi connectivity index (χ2v) is 9.12. The summed E-state index contributed by atoms with van der Waals surface area (Å²) in [5, 5.41) is 2.56. The van der Waals surface area contributed by atoms with Crippen molar-refractivity contribution < 1.29 is 22.7 Å². The maximum Gasteiger partial charge on any atom is 0.325 e. The van der Waals surface area contributed by atoms with Gasteiger partial charge in [-0.05, 0) is 44.9 Å². The van der Waals surface area contributed by atoms with Crippen LogP contribution >= 0.6 is 0 Å². The summed E-state index contributed by atoms with van der Waals surface area (Å²) in [4.78, 5) is 26.8. The summed E-state index contributed by atoms with van der Waals surface area (Å²) >= 11 is 0. The summed E-state index contributed by atoms with van der Waals surface area (Å²) in [6.07, 6.45) is 1.75. The van der Waals surface area contributed by atoms with Gasteiger partial charge in [0.05, 0.1) is 16.6 Å². The average molecular weight is 426 g/mol. The lowest BCUT2D eigenvalue weighted by molar-refractivity contribution is -0.146. The van der Waals surface area contributed by atoms with Gasteiger partial charge in [-0.3, -0.25) is 9.59 Å². The first-order valence-electron chi connectivity index (χ1n) is 10.1. The lowest BCUT2D eigenvalue weighted by Gasteiger charge is -2.23. The van der Waals surface area contributed by atoms with E-state index in [1.807, 2.05) is 0 Å². The summed E-state index contributed by atoms with van der Waals surface area (Å²) in [7, 11) is -3.70. The number of nitrogens with zero attached hydrogens (tertiary/aromatic N) is 2. The molecule has 1 amide bonds. The molecule has 1 aromatic rings. The van der Waals surface area contributed by atoms with Crippen molar-refractivity contribution in [2.24, 2.45) is 0 Å². The fraction of sp³-hybridized carbons (Fsp3) is 0.600. The van der Waals surface area contributed by atoms with Crippen molar-refractivity contribution in [2.45, 2.75) is 51.5 Å². The zero-order valence-corrected chi connectivity index (χ0v) is 18.4. The van der Waals surface area contributed by atoms with Crippen molar-refractivity contribution >= 4 is 27.6 Å². The van der Waals surface area contributed by atoms with Gasteiger partial charge < -0.3 is 15.0 Å². The van der Waals surface area contributed by atoms with E-state index < -0.39 is 21.9 Å². The van der Waals surface area contributed by atoms with Crippen LogP contribution in [0, 0.1) is 0 Å². The standard InChI is InChI=1S/C20H31N3O5S/c1-5-23(6-2)29(26,27)16-9-10-18(22-11-7-8-12-22)17(13-16)20(25)21-14-19(24)28-15(3)4/h9-10,13,15H,5-8,11-12,14H2,1-4H3,(H,21,25).